The van der Waals surface area contributed by atoms with Crippen molar-refractivity contribution in [2.75, 3.05) is 19.3 Å². The quantitative estimate of drug-likeness (QED) is 0.747. The van der Waals surface area contributed by atoms with Crippen molar-refractivity contribution in [2.45, 2.75) is 33.4 Å². The summed E-state index contributed by atoms with van der Waals surface area (Å²) in [4.78, 5) is 0. The third-order valence-corrected chi connectivity index (χ3v) is 3.95. The third kappa shape index (κ3) is 6.88. The highest BCUT2D eigenvalue weighted by atomic mass is 32.2. The molecule has 0 aliphatic carbocycles. The zero-order chi connectivity index (χ0) is 13.9. The molecule has 0 fully saturated rings. The molecule has 0 N–H and O–H groups in total. The van der Waals surface area contributed by atoms with Crippen LogP contribution >= 0.6 is 0 Å². The number of nitrogens with zero attached hydrogens (tertiary/aromatic N) is 1. The van der Waals surface area contributed by atoms with Crippen LogP contribution in [0.1, 0.15) is 27.2 Å². The Labute approximate surface area is 101 Å². The average molecular weight is 275 g/mol. The zero-order valence-electron chi connectivity index (χ0n) is 10.6. The monoisotopic (exact) mass is 275 g/mol. The molecule has 0 aromatic heterocycles. The van der Waals surface area contributed by atoms with Crippen molar-refractivity contribution in [3.05, 3.63) is 0 Å². The van der Waals surface area contributed by atoms with Gasteiger partial charge >= 0.3 is 6.18 Å². The first-order chi connectivity index (χ1) is 7.47. The van der Waals surface area contributed by atoms with Gasteiger partial charge in [0.05, 0.1) is 6.26 Å². The molecular weight excluding hydrogens is 255 g/mol. The van der Waals surface area contributed by atoms with Gasteiger partial charge in [-0.1, -0.05) is 27.2 Å². The van der Waals surface area contributed by atoms with E-state index in [1.807, 2.05) is 20.8 Å². The molecule has 0 radical (unpaired) electrons. The standard InChI is InChI=1S/C10H20F3NO2S/c1-5-9(8(2)3)6-14(17(4,15)16)7-10(11,12)13/h8-9H,5-7H2,1-4H3/t9-/m0/s1. The van der Waals surface area contributed by atoms with Crippen molar-refractivity contribution >= 4 is 10.0 Å². The molecule has 104 valence electrons. The minimum Gasteiger partial charge on any atom is -0.213 e. The van der Waals surface area contributed by atoms with Crippen molar-refractivity contribution < 1.29 is 21.6 Å². The Morgan fingerprint density at radius 1 is 1.24 bits per heavy atom. The summed E-state index contributed by atoms with van der Waals surface area (Å²) in [5.41, 5.74) is 0. The van der Waals surface area contributed by atoms with Gasteiger partial charge in [0.25, 0.3) is 0 Å². The number of hydrogen-bond donors (Lipinski definition) is 0. The van der Waals surface area contributed by atoms with Gasteiger partial charge < -0.3 is 0 Å². The Balaban J connectivity index is 4.84. The lowest BCUT2D eigenvalue weighted by atomic mass is 9.93. The summed E-state index contributed by atoms with van der Waals surface area (Å²) in [5, 5.41) is 0. The first-order valence-corrected chi connectivity index (χ1v) is 7.34. The molecule has 0 saturated heterocycles. The van der Waals surface area contributed by atoms with E-state index in [4.69, 9.17) is 0 Å². The molecule has 0 saturated carbocycles. The smallest absolute Gasteiger partial charge is 0.213 e. The van der Waals surface area contributed by atoms with Crippen LogP contribution in [0.15, 0.2) is 0 Å². The maximum absolute atomic E-state index is 12.3. The molecule has 0 unspecified atom stereocenters. The van der Waals surface area contributed by atoms with Crippen LogP contribution in [0.2, 0.25) is 0 Å². The van der Waals surface area contributed by atoms with Crippen molar-refractivity contribution in [3.63, 3.8) is 0 Å². The number of alkyl halides is 3. The molecular formula is C10H20F3NO2S. The van der Waals surface area contributed by atoms with Crippen LogP contribution in [-0.4, -0.2) is 38.2 Å². The van der Waals surface area contributed by atoms with Crippen LogP contribution in [0, 0.1) is 11.8 Å². The number of halogens is 3. The lowest BCUT2D eigenvalue weighted by Crippen LogP contribution is -2.42. The molecule has 0 heterocycles. The van der Waals surface area contributed by atoms with E-state index in [-0.39, 0.29) is 18.4 Å². The first-order valence-electron chi connectivity index (χ1n) is 5.49. The largest absolute Gasteiger partial charge is 0.402 e. The van der Waals surface area contributed by atoms with Crippen molar-refractivity contribution in [2.24, 2.45) is 11.8 Å². The average Bonchev–Trinajstić information content (AvgIpc) is 2.07. The van der Waals surface area contributed by atoms with Crippen LogP contribution in [0.25, 0.3) is 0 Å². The highest BCUT2D eigenvalue weighted by Crippen LogP contribution is 2.22. The lowest BCUT2D eigenvalue weighted by molar-refractivity contribution is -0.137. The summed E-state index contributed by atoms with van der Waals surface area (Å²) < 4.78 is 60.0. The van der Waals surface area contributed by atoms with Gasteiger partial charge in [-0.2, -0.15) is 17.5 Å². The van der Waals surface area contributed by atoms with E-state index in [1.54, 1.807) is 0 Å². The summed E-state index contributed by atoms with van der Waals surface area (Å²) in [5.74, 6) is 0.0876. The molecule has 0 aromatic carbocycles. The number of rotatable bonds is 6. The maximum atomic E-state index is 12.3. The Morgan fingerprint density at radius 3 is 1.94 bits per heavy atom. The molecule has 3 nitrogen and oxygen atoms in total. The topological polar surface area (TPSA) is 37.4 Å². The molecule has 0 aromatic rings. The van der Waals surface area contributed by atoms with Gasteiger partial charge in [0.1, 0.15) is 6.54 Å². The van der Waals surface area contributed by atoms with E-state index in [2.05, 4.69) is 0 Å². The lowest BCUT2D eigenvalue weighted by Gasteiger charge is -2.27. The van der Waals surface area contributed by atoms with Crippen molar-refractivity contribution in [1.82, 2.24) is 4.31 Å². The van der Waals surface area contributed by atoms with E-state index in [9.17, 15) is 21.6 Å². The molecule has 0 bridgehead atoms. The van der Waals surface area contributed by atoms with Crippen LogP contribution in [-0.2, 0) is 10.0 Å². The van der Waals surface area contributed by atoms with Crippen LogP contribution in [0.5, 0.6) is 0 Å². The van der Waals surface area contributed by atoms with Gasteiger partial charge in [0.2, 0.25) is 10.0 Å². The predicted octanol–water partition coefficient (Wildman–Crippen LogP) is 2.49. The molecule has 0 spiro atoms. The molecule has 7 heteroatoms. The van der Waals surface area contributed by atoms with Crippen molar-refractivity contribution in [3.8, 4) is 0 Å². The zero-order valence-corrected chi connectivity index (χ0v) is 11.4. The van der Waals surface area contributed by atoms with Gasteiger partial charge in [-0.25, -0.2) is 8.42 Å². The molecule has 1 atom stereocenters. The van der Waals surface area contributed by atoms with Crippen LogP contribution < -0.4 is 0 Å². The second-order valence-corrected chi connectivity index (χ2v) is 6.57. The highest BCUT2D eigenvalue weighted by molar-refractivity contribution is 7.88. The summed E-state index contributed by atoms with van der Waals surface area (Å²) in [6.45, 7) is 4.12. The maximum Gasteiger partial charge on any atom is 0.402 e. The minimum atomic E-state index is -4.50. The molecule has 0 aliphatic rings. The van der Waals surface area contributed by atoms with Crippen LogP contribution in [0.3, 0.4) is 0 Å². The molecule has 0 amide bonds. The fourth-order valence-electron chi connectivity index (χ4n) is 1.59. The summed E-state index contributed by atoms with van der Waals surface area (Å²) in [6, 6.07) is 0. The third-order valence-electron chi connectivity index (χ3n) is 2.73. The van der Waals surface area contributed by atoms with Gasteiger partial charge in [-0.15, -0.1) is 0 Å². The fraction of sp³-hybridized carbons (Fsp3) is 1.00. The first kappa shape index (κ1) is 16.7. The molecule has 17 heavy (non-hydrogen) atoms. The normalized spacial score (nSPS) is 15.6. The second-order valence-electron chi connectivity index (χ2n) is 4.58. The molecule has 0 rings (SSSR count). The highest BCUT2D eigenvalue weighted by Gasteiger charge is 2.35. The Bertz CT molecular complexity index is 325. The van der Waals surface area contributed by atoms with E-state index in [0.29, 0.717) is 10.7 Å². The SMILES string of the molecule is CC[C@@H](CN(CC(F)(F)F)S(C)(=O)=O)C(C)C. The predicted molar refractivity (Wildman–Crippen MR) is 61.1 cm³/mol. The van der Waals surface area contributed by atoms with Gasteiger partial charge in [0.15, 0.2) is 0 Å². The van der Waals surface area contributed by atoms with Crippen LogP contribution in [0.4, 0.5) is 13.2 Å². The molecule has 0 aliphatic heterocycles. The Morgan fingerprint density at radius 2 is 1.71 bits per heavy atom. The van der Waals surface area contributed by atoms with Gasteiger partial charge in [-0.05, 0) is 11.8 Å². The minimum absolute atomic E-state index is 0.0629. The van der Waals surface area contributed by atoms with E-state index >= 15 is 0 Å². The number of hydrogen-bond acceptors (Lipinski definition) is 2. The van der Waals surface area contributed by atoms with Gasteiger partial charge in [-0.3, -0.25) is 0 Å². The van der Waals surface area contributed by atoms with E-state index < -0.39 is 22.7 Å². The Kier molecular flexibility index (Phi) is 5.93. The van der Waals surface area contributed by atoms with Crippen molar-refractivity contribution in [1.29, 1.82) is 0 Å². The second kappa shape index (κ2) is 6.04. The summed E-state index contributed by atoms with van der Waals surface area (Å²) >= 11 is 0. The van der Waals surface area contributed by atoms with Gasteiger partial charge in [0, 0.05) is 6.54 Å². The Hall–Kier alpha value is -0.300. The summed E-state index contributed by atoms with van der Waals surface area (Å²) in [7, 11) is -3.82. The fourth-order valence-corrected chi connectivity index (χ4v) is 2.43. The summed E-state index contributed by atoms with van der Waals surface area (Å²) in [6.07, 6.45) is -3.04. The van der Waals surface area contributed by atoms with E-state index in [0.717, 1.165) is 6.26 Å². The van der Waals surface area contributed by atoms with E-state index in [1.165, 1.54) is 0 Å². The number of sulfonamides is 1.